The Balaban J connectivity index is 2.33. The van der Waals surface area contributed by atoms with E-state index in [-0.39, 0.29) is 11.3 Å². The van der Waals surface area contributed by atoms with E-state index in [9.17, 15) is 31.7 Å². The normalized spacial score (nSPS) is 12.3. The first kappa shape index (κ1) is 19.3. The van der Waals surface area contributed by atoms with Crippen LogP contribution in [0.3, 0.4) is 0 Å². The second-order valence-electron chi connectivity index (χ2n) is 4.94. The summed E-state index contributed by atoms with van der Waals surface area (Å²) in [6.45, 7) is 0. The van der Waals surface area contributed by atoms with Gasteiger partial charge in [-0.1, -0.05) is 18.2 Å². The van der Waals surface area contributed by atoms with E-state index in [1.807, 2.05) is 0 Å². The minimum Gasteiger partial charge on any atom is -0.272 e. The number of hydrazone groups is 1. The molecule has 0 aliphatic rings. The summed E-state index contributed by atoms with van der Waals surface area (Å²) >= 11 is 0. The number of alkyl halides is 3. The number of nitrogens with two attached hydrogens (primary N) is 1. The predicted octanol–water partition coefficient (Wildman–Crippen LogP) is 2.71. The molecule has 0 bridgehead atoms. The Morgan fingerprint density at radius 2 is 1.85 bits per heavy atom. The van der Waals surface area contributed by atoms with Gasteiger partial charge in [0.2, 0.25) is 10.0 Å². The van der Waals surface area contributed by atoms with Crippen molar-refractivity contribution < 1.29 is 26.5 Å². The van der Waals surface area contributed by atoms with Gasteiger partial charge in [0.25, 0.3) is 5.69 Å². The molecule has 0 saturated carbocycles. The lowest BCUT2D eigenvalue weighted by molar-refractivity contribution is -0.384. The van der Waals surface area contributed by atoms with Gasteiger partial charge in [-0.3, -0.25) is 15.5 Å². The van der Waals surface area contributed by atoms with Crippen LogP contribution in [-0.2, 0) is 16.2 Å². The molecule has 0 atom stereocenters. The molecule has 2 rings (SSSR count). The van der Waals surface area contributed by atoms with Crippen LogP contribution >= 0.6 is 0 Å². The van der Waals surface area contributed by atoms with Crippen LogP contribution < -0.4 is 10.6 Å². The molecule has 0 aromatic heterocycles. The van der Waals surface area contributed by atoms with E-state index in [4.69, 9.17) is 5.14 Å². The molecule has 0 aliphatic heterocycles. The third-order valence-electron chi connectivity index (χ3n) is 3.15. The molecule has 0 spiro atoms. The minimum absolute atomic E-state index is 0.219. The molecule has 0 aliphatic carbocycles. The van der Waals surface area contributed by atoms with Crippen LogP contribution in [0, 0.1) is 10.1 Å². The quantitative estimate of drug-likeness (QED) is 0.462. The zero-order valence-electron chi connectivity index (χ0n) is 12.8. The number of hydrogen-bond acceptors (Lipinski definition) is 6. The zero-order chi connectivity index (χ0) is 19.5. The fraction of sp³-hybridized carbons (Fsp3) is 0.0714. The van der Waals surface area contributed by atoms with Crippen LogP contribution in [0.5, 0.6) is 0 Å². The van der Waals surface area contributed by atoms with Gasteiger partial charge in [-0.15, -0.1) is 0 Å². The SMILES string of the molecule is NS(=O)(=O)c1ccc(N/N=C\c2ccccc2C(F)(F)F)c([N+](=O)[O-])c1. The number of nitro groups is 1. The lowest BCUT2D eigenvalue weighted by Crippen LogP contribution is -2.12. The number of anilines is 1. The second kappa shape index (κ2) is 7.09. The molecule has 26 heavy (non-hydrogen) atoms. The Hall–Kier alpha value is -2.99. The average Bonchev–Trinajstić information content (AvgIpc) is 2.53. The molecule has 2 aromatic rings. The highest BCUT2D eigenvalue weighted by Gasteiger charge is 2.32. The Kier molecular flexibility index (Phi) is 5.28. The number of sulfonamides is 1. The summed E-state index contributed by atoms with van der Waals surface area (Å²) in [5.74, 6) is 0. The minimum atomic E-state index is -4.59. The number of nitrogens with zero attached hydrogens (tertiary/aromatic N) is 2. The molecule has 138 valence electrons. The number of nitrogens with one attached hydrogen (secondary N) is 1. The Labute approximate surface area is 145 Å². The maximum absolute atomic E-state index is 12.9. The lowest BCUT2D eigenvalue weighted by atomic mass is 10.1. The van der Waals surface area contributed by atoms with Gasteiger partial charge in [0.1, 0.15) is 5.69 Å². The number of hydrogen-bond donors (Lipinski definition) is 2. The Bertz CT molecular complexity index is 974. The van der Waals surface area contributed by atoms with Gasteiger partial charge in [0.05, 0.1) is 21.6 Å². The first-order valence-electron chi connectivity index (χ1n) is 6.76. The smallest absolute Gasteiger partial charge is 0.272 e. The summed E-state index contributed by atoms with van der Waals surface area (Å²) in [6, 6.07) is 7.38. The van der Waals surface area contributed by atoms with Gasteiger partial charge in [-0.25, -0.2) is 13.6 Å². The number of halogens is 3. The van der Waals surface area contributed by atoms with E-state index in [2.05, 4.69) is 10.5 Å². The first-order valence-corrected chi connectivity index (χ1v) is 8.31. The molecule has 0 fully saturated rings. The highest BCUT2D eigenvalue weighted by atomic mass is 32.2. The fourth-order valence-electron chi connectivity index (χ4n) is 1.97. The van der Waals surface area contributed by atoms with E-state index in [0.717, 1.165) is 30.5 Å². The van der Waals surface area contributed by atoms with Crippen molar-refractivity contribution in [2.45, 2.75) is 11.1 Å². The first-order chi connectivity index (χ1) is 12.0. The molecule has 0 unspecified atom stereocenters. The summed E-state index contributed by atoms with van der Waals surface area (Å²) in [5, 5.41) is 19.5. The molecular weight excluding hydrogens is 377 g/mol. The van der Waals surface area contributed by atoms with Crippen molar-refractivity contribution in [3.63, 3.8) is 0 Å². The molecule has 0 heterocycles. The van der Waals surface area contributed by atoms with Gasteiger partial charge in [-0.2, -0.15) is 18.3 Å². The van der Waals surface area contributed by atoms with E-state index < -0.39 is 37.3 Å². The molecule has 0 radical (unpaired) electrons. The van der Waals surface area contributed by atoms with Crippen molar-refractivity contribution in [1.29, 1.82) is 0 Å². The van der Waals surface area contributed by atoms with Crippen molar-refractivity contribution in [2.75, 3.05) is 5.43 Å². The predicted molar refractivity (Wildman–Crippen MR) is 87.1 cm³/mol. The average molecular weight is 388 g/mol. The monoisotopic (exact) mass is 388 g/mol. The van der Waals surface area contributed by atoms with Gasteiger partial charge in [0.15, 0.2) is 0 Å². The van der Waals surface area contributed by atoms with Crippen LogP contribution in [0.2, 0.25) is 0 Å². The van der Waals surface area contributed by atoms with E-state index >= 15 is 0 Å². The fourth-order valence-corrected chi connectivity index (χ4v) is 2.51. The molecule has 0 amide bonds. The maximum atomic E-state index is 12.9. The number of rotatable bonds is 5. The van der Waals surface area contributed by atoms with Crippen LogP contribution in [0.4, 0.5) is 24.5 Å². The van der Waals surface area contributed by atoms with Crippen molar-refractivity contribution in [3.8, 4) is 0 Å². The topological polar surface area (TPSA) is 128 Å². The summed E-state index contributed by atoms with van der Waals surface area (Å²) < 4.78 is 61.2. The van der Waals surface area contributed by atoms with Gasteiger partial charge < -0.3 is 0 Å². The van der Waals surface area contributed by atoms with E-state index in [1.54, 1.807) is 0 Å². The van der Waals surface area contributed by atoms with Crippen LogP contribution in [-0.4, -0.2) is 19.6 Å². The summed E-state index contributed by atoms with van der Waals surface area (Å²) in [4.78, 5) is 9.69. The van der Waals surface area contributed by atoms with Crippen LogP contribution in [0.1, 0.15) is 11.1 Å². The number of benzene rings is 2. The van der Waals surface area contributed by atoms with Gasteiger partial charge in [-0.05, 0) is 18.2 Å². The third-order valence-corrected chi connectivity index (χ3v) is 4.06. The molecule has 0 saturated heterocycles. The standard InChI is InChI=1S/C14H11F3N4O4S/c15-14(16,17)11-4-2-1-3-9(11)8-19-20-12-6-5-10(26(18,24)25)7-13(12)21(22)23/h1-8,20H,(H2,18,24,25)/b19-8-. The molecule has 2 aromatic carbocycles. The molecular formula is C14H11F3N4O4S. The summed E-state index contributed by atoms with van der Waals surface area (Å²) in [6.07, 6.45) is -3.74. The largest absolute Gasteiger partial charge is 0.417 e. The van der Waals surface area contributed by atoms with Crippen molar-refractivity contribution in [1.82, 2.24) is 0 Å². The summed E-state index contributed by atoms with van der Waals surface area (Å²) in [5.41, 5.74) is 0.171. The molecule has 12 heteroatoms. The van der Waals surface area contributed by atoms with Crippen molar-refractivity contribution in [3.05, 3.63) is 63.7 Å². The zero-order valence-corrected chi connectivity index (χ0v) is 13.6. The van der Waals surface area contributed by atoms with Gasteiger partial charge in [0, 0.05) is 11.6 Å². The highest BCUT2D eigenvalue weighted by molar-refractivity contribution is 7.89. The van der Waals surface area contributed by atoms with Crippen molar-refractivity contribution in [2.24, 2.45) is 10.2 Å². The maximum Gasteiger partial charge on any atom is 0.417 e. The second-order valence-corrected chi connectivity index (χ2v) is 6.50. The number of primary sulfonamides is 1. The molecule has 3 N–H and O–H groups in total. The Morgan fingerprint density at radius 3 is 2.42 bits per heavy atom. The van der Waals surface area contributed by atoms with E-state index in [1.165, 1.54) is 18.2 Å². The summed E-state index contributed by atoms with van der Waals surface area (Å²) in [7, 11) is -4.16. The van der Waals surface area contributed by atoms with Crippen LogP contribution in [0.15, 0.2) is 52.5 Å². The Morgan fingerprint density at radius 1 is 1.19 bits per heavy atom. The van der Waals surface area contributed by atoms with Crippen molar-refractivity contribution >= 4 is 27.6 Å². The van der Waals surface area contributed by atoms with E-state index in [0.29, 0.717) is 0 Å². The third kappa shape index (κ3) is 4.55. The molecule has 8 nitrogen and oxygen atoms in total. The van der Waals surface area contributed by atoms with Crippen LogP contribution in [0.25, 0.3) is 0 Å². The highest BCUT2D eigenvalue weighted by Crippen LogP contribution is 2.31. The van der Waals surface area contributed by atoms with Gasteiger partial charge >= 0.3 is 6.18 Å². The lowest BCUT2D eigenvalue weighted by Gasteiger charge is -2.09. The number of nitro benzene ring substituents is 1.